The van der Waals surface area contributed by atoms with Gasteiger partial charge in [0.25, 0.3) is 0 Å². The van der Waals surface area contributed by atoms with Gasteiger partial charge in [0.05, 0.1) is 5.69 Å². The summed E-state index contributed by atoms with van der Waals surface area (Å²) in [6.45, 7) is -1.63. The number of nitrogens with two attached hydrogens (primary N) is 1. The van der Waals surface area contributed by atoms with Crippen LogP contribution in [0.3, 0.4) is 0 Å². The molecule has 2 N–H and O–H groups in total. The zero-order chi connectivity index (χ0) is 16.9. The topological polar surface area (TPSA) is 65.2 Å². The van der Waals surface area contributed by atoms with Gasteiger partial charge in [-0.15, -0.1) is 0 Å². The summed E-state index contributed by atoms with van der Waals surface area (Å²) in [7, 11) is 0. The average molecular weight is 324 g/mol. The average Bonchev–Trinajstić information content (AvgIpc) is 2.53. The van der Waals surface area contributed by atoms with E-state index in [1.54, 1.807) is 18.3 Å². The molecule has 0 unspecified atom stereocenters. The number of carbonyl (C=O) groups is 1. The molecule has 1 aromatic heterocycles. The highest BCUT2D eigenvalue weighted by molar-refractivity contribution is 5.76. The number of esters is 1. The Bertz CT molecular complexity index is 643. The minimum Gasteiger partial charge on any atom is -0.455 e. The van der Waals surface area contributed by atoms with E-state index >= 15 is 0 Å². The molecule has 2 aromatic rings. The van der Waals surface area contributed by atoms with Gasteiger partial charge >= 0.3 is 12.1 Å². The number of benzene rings is 1. The first-order valence-corrected chi connectivity index (χ1v) is 6.84. The van der Waals surface area contributed by atoms with E-state index < -0.39 is 24.8 Å². The second-order valence-electron chi connectivity index (χ2n) is 4.95. The SMILES string of the molecule is N[C@@H](Cc1ccc(-c2ccccn2)cc1)C(=O)OCC(F)(F)F. The van der Waals surface area contributed by atoms with E-state index in [1.807, 2.05) is 30.3 Å². The highest BCUT2D eigenvalue weighted by Crippen LogP contribution is 2.18. The zero-order valence-corrected chi connectivity index (χ0v) is 12.1. The Morgan fingerprint density at radius 2 is 1.87 bits per heavy atom. The maximum atomic E-state index is 12.0. The summed E-state index contributed by atoms with van der Waals surface area (Å²) in [6, 6.07) is 11.5. The minimum atomic E-state index is -4.56. The summed E-state index contributed by atoms with van der Waals surface area (Å²) in [5.74, 6) is -1.07. The van der Waals surface area contributed by atoms with E-state index in [1.165, 1.54) is 0 Å². The molecule has 0 aliphatic heterocycles. The molecule has 0 saturated carbocycles. The molecule has 0 bridgehead atoms. The van der Waals surface area contributed by atoms with E-state index in [0.717, 1.165) is 16.8 Å². The van der Waals surface area contributed by atoms with Crippen molar-refractivity contribution in [3.05, 3.63) is 54.2 Å². The van der Waals surface area contributed by atoms with Crippen LogP contribution in [0.15, 0.2) is 48.7 Å². The van der Waals surface area contributed by atoms with Crippen LogP contribution in [0.1, 0.15) is 5.56 Å². The second-order valence-corrected chi connectivity index (χ2v) is 4.95. The summed E-state index contributed by atoms with van der Waals surface area (Å²) in [5, 5.41) is 0. The number of alkyl halides is 3. The first kappa shape index (κ1) is 17.0. The lowest BCUT2D eigenvalue weighted by Crippen LogP contribution is -2.36. The Hall–Kier alpha value is -2.41. The lowest BCUT2D eigenvalue weighted by atomic mass is 10.0. The monoisotopic (exact) mass is 324 g/mol. The van der Waals surface area contributed by atoms with Crippen LogP contribution in [0.25, 0.3) is 11.3 Å². The summed E-state index contributed by atoms with van der Waals surface area (Å²) >= 11 is 0. The van der Waals surface area contributed by atoms with Gasteiger partial charge in [0, 0.05) is 11.8 Å². The molecular formula is C16H15F3N2O2. The van der Waals surface area contributed by atoms with Crippen LogP contribution < -0.4 is 5.73 Å². The number of ether oxygens (including phenoxy) is 1. The molecule has 1 aromatic carbocycles. The molecule has 0 radical (unpaired) electrons. The van der Waals surface area contributed by atoms with Crippen LogP contribution in [-0.2, 0) is 16.0 Å². The Morgan fingerprint density at radius 3 is 2.43 bits per heavy atom. The molecule has 7 heteroatoms. The maximum absolute atomic E-state index is 12.0. The normalized spacial score (nSPS) is 12.7. The molecule has 122 valence electrons. The fourth-order valence-corrected chi connectivity index (χ4v) is 1.94. The largest absolute Gasteiger partial charge is 0.455 e. The molecule has 0 fully saturated rings. The van der Waals surface area contributed by atoms with Gasteiger partial charge in [-0.2, -0.15) is 13.2 Å². The fourth-order valence-electron chi connectivity index (χ4n) is 1.94. The molecule has 4 nitrogen and oxygen atoms in total. The second kappa shape index (κ2) is 7.23. The third-order valence-electron chi connectivity index (χ3n) is 3.05. The highest BCUT2D eigenvalue weighted by Gasteiger charge is 2.30. The van der Waals surface area contributed by atoms with Crippen molar-refractivity contribution in [2.24, 2.45) is 5.73 Å². The third-order valence-corrected chi connectivity index (χ3v) is 3.05. The van der Waals surface area contributed by atoms with Crippen LogP contribution in [0.5, 0.6) is 0 Å². The molecule has 2 rings (SSSR count). The van der Waals surface area contributed by atoms with Gasteiger partial charge in [-0.25, -0.2) is 0 Å². The van der Waals surface area contributed by atoms with Gasteiger partial charge < -0.3 is 10.5 Å². The lowest BCUT2D eigenvalue weighted by molar-refractivity contribution is -0.187. The number of carbonyl (C=O) groups excluding carboxylic acids is 1. The van der Waals surface area contributed by atoms with E-state index in [0.29, 0.717) is 0 Å². The van der Waals surface area contributed by atoms with Crippen LogP contribution >= 0.6 is 0 Å². The van der Waals surface area contributed by atoms with E-state index in [4.69, 9.17) is 5.73 Å². The van der Waals surface area contributed by atoms with E-state index in [2.05, 4.69) is 9.72 Å². The van der Waals surface area contributed by atoms with Crippen LogP contribution in [-0.4, -0.2) is 29.8 Å². The molecule has 0 saturated heterocycles. The van der Waals surface area contributed by atoms with Crippen LogP contribution in [0.4, 0.5) is 13.2 Å². The molecule has 1 heterocycles. The summed E-state index contributed by atoms with van der Waals surface area (Å²) < 4.78 is 40.1. The number of nitrogens with zero attached hydrogens (tertiary/aromatic N) is 1. The zero-order valence-electron chi connectivity index (χ0n) is 12.1. The number of hydrogen-bond donors (Lipinski definition) is 1. The van der Waals surface area contributed by atoms with Gasteiger partial charge in [-0.05, 0) is 24.1 Å². The Labute approximate surface area is 131 Å². The third kappa shape index (κ3) is 5.37. The van der Waals surface area contributed by atoms with Crippen molar-refractivity contribution in [2.75, 3.05) is 6.61 Å². The molecule has 0 aliphatic carbocycles. The maximum Gasteiger partial charge on any atom is 0.422 e. The first-order chi connectivity index (χ1) is 10.8. The lowest BCUT2D eigenvalue weighted by Gasteiger charge is -2.13. The highest BCUT2D eigenvalue weighted by atomic mass is 19.4. The Balaban J connectivity index is 1.94. The Kier molecular flexibility index (Phi) is 5.33. The van der Waals surface area contributed by atoms with Crippen molar-refractivity contribution in [3.63, 3.8) is 0 Å². The van der Waals surface area contributed by atoms with Gasteiger partial charge in [0.1, 0.15) is 6.04 Å². The van der Waals surface area contributed by atoms with Gasteiger partial charge in [-0.1, -0.05) is 30.3 Å². The Morgan fingerprint density at radius 1 is 1.17 bits per heavy atom. The van der Waals surface area contributed by atoms with Crippen LogP contribution in [0, 0.1) is 0 Å². The van der Waals surface area contributed by atoms with Crippen molar-refractivity contribution in [1.82, 2.24) is 4.98 Å². The van der Waals surface area contributed by atoms with Crippen molar-refractivity contribution in [3.8, 4) is 11.3 Å². The summed E-state index contributed by atoms with van der Waals surface area (Å²) in [4.78, 5) is 15.6. The quantitative estimate of drug-likeness (QED) is 0.859. The summed E-state index contributed by atoms with van der Waals surface area (Å²) in [5.41, 5.74) is 7.99. The van der Waals surface area contributed by atoms with Gasteiger partial charge in [0.2, 0.25) is 0 Å². The molecule has 23 heavy (non-hydrogen) atoms. The minimum absolute atomic E-state index is 0.0964. The van der Waals surface area contributed by atoms with Gasteiger partial charge in [-0.3, -0.25) is 9.78 Å². The van der Waals surface area contributed by atoms with E-state index in [9.17, 15) is 18.0 Å². The van der Waals surface area contributed by atoms with Crippen molar-refractivity contribution in [2.45, 2.75) is 18.6 Å². The predicted octanol–water partition coefficient (Wildman–Crippen LogP) is 2.72. The van der Waals surface area contributed by atoms with Gasteiger partial charge in [0.15, 0.2) is 6.61 Å². The van der Waals surface area contributed by atoms with E-state index in [-0.39, 0.29) is 6.42 Å². The fraction of sp³-hybridized carbons (Fsp3) is 0.250. The smallest absolute Gasteiger partial charge is 0.422 e. The number of hydrogen-bond acceptors (Lipinski definition) is 4. The number of pyridine rings is 1. The number of halogens is 3. The predicted molar refractivity (Wildman–Crippen MR) is 78.4 cm³/mol. The first-order valence-electron chi connectivity index (χ1n) is 6.84. The summed E-state index contributed by atoms with van der Waals surface area (Å²) in [6.07, 6.45) is -2.78. The van der Waals surface area contributed by atoms with Crippen molar-refractivity contribution in [1.29, 1.82) is 0 Å². The standard InChI is InChI=1S/C16H15F3N2O2/c17-16(18,19)10-23-15(22)13(20)9-11-4-6-12(7-5-11)14-3-1-2-8-21-14/h1-8,13H,9-10,20H2/t13-/m0/s1. The molecular weight excluding hydrogens is 309 g/mol. The van der Waals surface area contributed by atoms with Crippen LogP contribution in [0.2, 0.25) is 0 Å². The number of rotatable bonds is 5. The molecule has 1 atom stereocenters. The molecule has 0 amide bonds. The van der Waals surface area contributed by atoms with Crippen molar-refractivity contribution < 1.29 is 22.7 Å². The van der Waals surface area contributed by atoms with Crippen molar-refractivity contribution >= 4 is 5.97 Å². The molecule has 0 spiro atoms. The number of aromatic nitrogens is 1. The molecule has 0 aliphatic rings.